The highest BCUT2D eigenvalue weighted by molar-refractivity contribution is 9.10. The summed E-state index contributed by atoms with van der Waals surface area (Å²) in [5.41, 5.74) is 6.44. The van der Waals surface area contributed by atoms with Crippen LogP contribution in [0.3, 0.4) is 0 Å². The summed E-state index contributed by atoms with van der Waals surface area (Å²) >= 11 is 3.20. The van der Waals surface area contributed by atoms with E-state index in [0.717, 1.165) is 5.56 Å². The molecule has 0 radical (unpaired) electrons. The van der Waals surface area contributed by atoms with E-state index in [0.29, 0.717) is 11.0 Å². The van der Waals surface area contributed by atoms with E-state index in [4.69, 9.17) is 5.73 Å². The first-order valence-corrected chi connectivity index (χ1v) is 6.57. The molecule has 2 rings (SSSR count). The Labute approximate surface area is 123 Å². The first-order valence-electron chi connectivity index (χ1n) is 5.78. The zero-order valence-corrected chi connectivity index (χ0v) is 11.9. The van der Waals surface area contributed by atoms with E-state index in [1.54, 1.807) is 12.1 Å². The van der Waals surface area contributed by atoms with Crippen LogP contribution in [0.25, 0.3) is 0 Å². The van der Waals surface area contributed by atoms with Gasteiger partial charge in [0, 0.05) is 12.1 Å². The Morgan fingerprint density at radius 1 is 1.30 bits per heavy atom. The summed E-state index contributed by atoms with van der Waals surface area (Å²) in [6, 6.07) is 8.86. The summed E-state index contributed by atoms with van der Waals surface area (Å²) in [6.07, 6.45) is 0. The molecule has 104 valence electrons. The van der Waals surface area contributed by atoms with Crippen molar-refractivity contribution >= 4 is 27.5 Å². The maximum Gasteiger partial charge on any atom is 0.248 e. The topological polar surface area (TPSA) is 75.4 Å². The van der Waals surface area contributed by atoms with Crippen molar-refractivity contribution in [3.63, 3.8) is 0 Å². The number of rotatable bonds is 4. The quantitative estimate of drug-likeness (QED) is 0.802. The maximum atomic E-state index is 13.6. The van der Waals surface area contributed by atoms with Gasteiger partial charge in [0.15, 0.2) is 0 Å². The van der Waals surface area contributed by atoms with E-state index < -0.39 is 11.7 Å². The van der Waals surface area contributed by atoms with Crippen LogP contribution < -0.4 is 11.1 Å². The number of phenols is 1. The van der Waals surface area contributed by atoms with Crippen molar-refractivity contribution in [2.24, 2.45) is 5.73 Å². The Bertz CT molecular complexity index is 662. The summed E-state index contributed by atoms with van der Waals surface area (Å²) in [6.45, 7) is 0.345. The second kappa shape index (κ2) is 5.92. The average Bonchev–Trinajstić information content (AvgIpc) is 2.41. The molecule has 2 aromatic carbocycles. The summed E-state index contributed by atoms with van der Waals surface area (Å²) < 4.78 is 14.2. The molecule has 0 saturated heterocycles. The van der Waals surface area contributed by atoms with Gasteiger partial charge in [-0.1, -0.05) is 6.07 Å². The van der Waals surface area contributed by atoms with E-state index in [2.05, 4.69) is 21.2 Å². The van der Waals surface area contributed by atoms with E-state index >= 15 is 0 Å². The summed E-state index contributed by atoms with van der Waals surface area (Å²) in [4.78, 5) is 11.1. The first-order chi connectivity index (χ1) is 9.47. The van der Waals surface area contributed by atoms with Gasteiger partial charge in [-0.05, 0) is 51.8 Å². The molecule has 0 atom stereocenters. The molecule has 20 heavy (non-hydrogen) atoms. The van der Waals surface area contributed by atoms with Gasteiger partial charge in [0.2, 0.25) is 5.91 Å². The van der Waals surface area contributed by atoms with Gasteiger partial charge in [-0.2, -0.15) is 0 Å². The summed E-state index contributed by atoms with van der Waals surface area (Å²) in [5, 5.41) is 12.3. The molecule has 0 aliphatic carbocycles. The number of phenolic OH excluding ortho intramolecular Hbond substituents is 1. The van der Waals surface area contributed by atoms with Gasteiger partial charge in [0.1, 0.15) is 11.6 Å². The second-order valence-corrected chi connectivity index (χ2v) is 5.05. The van der Waals surface area contributed by atoms with Gasteiger partial charge in [-0.3, -0.25) is 4.79 Å². The number of nitrogens with two attached hydrogens (primary N) is 1. The zero-order chi connectivity index (χ0) is 14.7. The van der Waals surface area contributed by atoms with E-state index in [1.165, 1.54) is 24.3 Å². The minimum absolute atomic E-state index is 0.135. The fourth-order valence-corrected chi connectivity index (χ4v) is 2.10. The molecule has 2 aromatic rings. The third-order valence-electron chi connectivity index (χ3n) is 2.75. The van der Waals surface area contributed by atoms with Gasteiger partial charge < -0.3 is 16.2 Å². The lowest BCUT2D eigenvalue weighted by Crippen LogP contribution is -2.12. The average molecular weight is 339 g/mol. The Balaban J connectivity index is 2.15. The van der Waals surface area contributed by atoms with Crippen molar-refractivity contribution < 1.29 is 14.3 Å². The first kappa shape index (κ1) is 14.3. The number of primary amides is 1. The van der Waals surface area contributed by atoms with Crippen LogP contribution in [-0.2, 0) is 6.54 Å². The summed E-state index contributed by atoms with van der Waals surface area (Å²) in [7, 11) is 0. The van der Waals surface area contributed by atoms with Crippen molar-refractivity contribution in [2.75, 3.05) is 5.32 Å². The van der Waals surface area contributed by atoms with E-state index in [9.17, 15) is 14.3 Å². The third kappa shape index (κ3) is 3.27. The summed E-state index contributed by atoms with van der Waals surface area (Å²) in [5.74, 6) is -0.941. The van der Waals surface area contributed by atoms with Gasteiger partial charge in [-0.15, -0.1) is 0 Å². The molecule has 4 nitrogen and oxygen atoms in total. The van der Waals surface area contributed by atoms with Crippen LogP contribution in [0.15, 0.2) is 40.9 Å². The zero-order valence-electron chi connectivity index (χ0n) is 10.4. The molecule has 6 heteroatoms. The van der Waals surface area contributed by atoms with E-state index in [1.807, 2.05) is 0 Å². The van der Waals surface area contributed by atoms with Crippen LogP contribution in [0.1, 0.15) is 15.9 Å². The van der Waals surface area contributed by atoms with Crippen LogP contribution in [0.2, 0.25) is 0 Å². The highest BCUT2D eigenvalue weighted by Gasteiger charge is 2.07. The van der Waals surface area contributed by atoms with Gasteiger partial charge in [0.25, 0.3) is 0 Å². The molecular formula is C14H12BrFN2O2. The van der Waals surface area contributed by atoms with Gasteiger partial charge >= 0.3 is 0 Å². The van der Waals surface area contributed by atoms with Gasteiger partial charge in [-0.25, -0.2) is 4.39 Å². The van der Waals surface area contributed by atoms with Crippen molar-refractivity contribution in [1.82, 2.24) is 0 Å². The van der Waals surface area contributed by atoms with Crippen LogP contribution in [0.5, 0.6) is 5.75 Å². The molecule has 0 aromatic heterocycles. The molecule has 4 N–H and O–H groups in total. The molecule has 0 spiro atoms. The van der Waals surface area contributed by atoms with Gasteiger partial charge in [0.05, 0.1) is 10.2 Å². The molecule has 0 saturated carbocycles. The van der Waals surface area contributed by atoms with Crippen molar-refractivity contribution in [2.45, 2.75) is 6.54 Å². The number of anilines is 1. The molecule has 0 aliphatic rings. The predicted octanol–water partition coefficient (Wildman–Crippen LogP) is 3.00. The number of carbonyl (C=O) groups is 1. The highest BCUT2D eigenvalue weighted by Crippen LogP contribution is 2.25. The Morgan fingerprint density at radius 3 is 2.70 bits per heavy atom. The number of amides is 1. The number of nitrogens with one attached hydrogen (secondary N) is 1. The number of aromatic hydroxyl groups is 1. The lowest BCUT2D eigenvalue weighted by atomic mass is 10.1. The molecule has 0 bridgehead atoms. The number of carbonyl (C=O) groups excluding carboxylic acids is 1. The lowest BCUT2D eigenvalue weighted by Gasteiger charge is -2.09. The van der Waals surface area contributed by atoms with Crippen LogP contribution in [-0.4, -0.2) is 11.0 Å². The molecule has 0 aliphatic heterocycles. The van der Waals surface area contributed by atoms with Crippen molar-refractivity contribution in [1.29, 1.82) is 0 Å². The van der Waals surface area contributed by atoms with Crippen LogP contribution in [0.4, 0.5) is 10.1 Å². The smallest absolute Gasteiger partial charge is 0.248 e. The number of hydrogen-bond donors (Lipinski definition) is 3. The Morgan fingerprint density at radius 2 is 2.05 bits per heavy atom. The largest absolute Gasteiger partial charge is 0.507 e. The molecule has 1 amide bonds. The Kier molecular flexibility index (Phi) is 4.24. The normalized spacial score (nSPS) is 10.3. The number of halogens is 2. The van der Waals surface area contributed by atoms with Crippen molar-refractivity contribution in [3.8, 4) is 5.75 Å². The van der Waals surface area contributed by atoms with E-state index in [-0.39, 0.29) is 17.0 Å². The maximum absolute atomic E-state index is 13.6. The Hall–Kier alpha value is -2.08. The predicted molar refractivity (Wildman–Crippen MR) is 78.1 cm³/mol. The molecular weight excluding hydrogens is 327 g/mol. The van der Waals surface area contributed by atoms with Crippen LogP contribution in [0, 0.1) is 5.82 Å². The fraction of sp³-hybridized carbons (Fsp3) is 0.0714. The molecule has 0 fully saturated rings. The monoisotopic (exact) mass is 338 g/mol. The highest BCUT2D eigenvalue weighted by atomic mass is 79.9. The lowest BCUT2D eigenvalue weighted by molar-refractivity contribution is 0.100. The van der Waals surface area contributed by atoms with Crippen LogP contribution >= 0.6 is 15.9 Å². The third-order valence-corrected chi connectivity index (χ3v) is 3.38. The number of hydrogen-bond acceptors (Lipinski definition) is 3. The molecule has 0 unspecified atom stereocenters. The minimum atomic E-state index is -0.611. The van der Waals surface area contributed by atoms with Crippen molar-refractivity contribution in [3.05, 3.63) is 57.8 Å². The minimum Gasteiger partial charge on any atom is -0.507 e. The fourth-order valence-electron chi connectivity index (χ4n) is 1.67. The SMILES string of the molecule is NC(=O)c1ccc(F)c(NCc2ccc(O)c(Br)c2)c1. The molecule has 0 heterocycles. The standard InChI is InChI=1S/C14H12BrFN2O2/c15-10-5-8(1-4-13(10)19)7-18-12-6-9(14(17)20)2-3-11(12)16/h1-6,18-19H,7H2,(H2,17,20). The number of benzene rings is 2. The second-order valence-electron chi connectivity index (χ2n) is 4.20.